The molecule has 0 bridgehead atoms. The lowest BCUT2D eigenvalue weighted by molar-refractivity contribution is -0.139. The molecule has 0 aromatic carbocycles. The number of carbonyl (C=O) groups is 2. The fraction of sp³-hybridized carbons (Fsp3) is 0.500. The quantitative estimate of drug-likeness (QED) is 0.724. The average Bonchev–Trinajstić information content (AvgIpc) is 2.57. The van der Waals surface area contributed by atoms with Crippen LogP contribution in [0.1, 0.15) is 35.1 Å². The van der Waals surface area contributed by atoms with Crippen molar-refractivity contribution in [2.24, 2.45) is 0 Å². The van der Waals surface area contributed by atoms with Gasteiger partial charge in [0.15, 0.2) is 0 Å². The number of H-pyrrole nitrogens is 1. The number of hydrogen-bond acceptors (Lipinski definition) is 4. The molecule has 1 heterocycles. The maximum Gasteiger partial charge on any atom is 0.326 e. The Morgan fingerprint density at radius 3 is 2.59 bits per heavy atom. The monoisotopic (exact) mass is 258 g/mol. The number of aromatic amines is 1. The minimum atomic E-state index is -1.07. The first-order chi connectivity index (χ1) is 7.95. The van der Waals surface area contributed by atoms with Gasteiger partial charge in [0.25, 0.3) is 5.91 Å². The van der Waals surface area contributed by atoms with E-state index in [1.54, 1.807) is 6.92 Å². The Balaban J connectivity index is 2.80. The fourth-order valence-electron chi connectivity index (χ4n) is 1.39. The molecule has 0 aliphatic carbocycles. The molecule has 1 rings (SSSR count). The molecule has 1 aromatic rings. The summed E-state index contributed by atoms with van der Waals surface area (Å²) in [4.78, 5) is 36.0. The van der Waals surface area contributed by atoms with Gasteiger partial charge in [0, 0.05) is 5.69 Å². The number of aryl methyl sites for hydroxylation is 1. The lowest BCUT2D eigenvalue weighted by atomic mass is 10.1. The van der Waals surface area contributed by atoms with Crippen molar-refractivity contribution >= 4 is 23.2 Å². The maximum atomic E-state index is 11.7. The van der Waals surface area contributed by atoms with Crippen molar-refractivity contribution in [1.82, 2.24) is 10.3 Å². The van der Waals surface area contributed by atoms with Crippen molar-refractivity contribution in [3.63, 3.8) is 0 Å². The Hall–Kier alpha value is -1.63. The molecule has 1 unspecified atom stereocenters. The number of hydrogen-bond donors (Lipinski definition) is 3. The average molecular weight is 258 g/mol. The molecule has 0 fully saturated rings. The smallest absolute Gasteiger partial charge is 0.326 e. The van der Waals surface area contributed by atoms with E-state index in [1.165, 1.54) is 0 Å². The summed E-state index contributed by atoms with van der Waals surface area (Å²) in [6.07, 6.45) is 1.01. The second-order valence-corrected chi connectivity index (χ2v) is 4.60. The van der Waals surface area contributed by atoms with Crippen LogP contribution in [0.4, 0.5) is 0 Å². The Kier molecular flexibility index (Phi) is 4.45. The van der Waals surface area contributed by atoms with Crippen LogP contribution < -0.4 is 10.2 Å². The van der Waals surface area contributed by atoms with Gasteiger partial charge >= 0.3 is 10.8 Å². The number of aromatic nitrogens is 1. The topological polar surface area (TPSA) is 99.3 Å². The highest BCUT2D eigenvalue weighted by molar-refractivity contribution is 7.11. The van der Waals surface area contributed by atoms with Crippen LogP contribution in [-0.4, -0.2) is 28.0 Å². The van der Waals surface area contributed by atoms with Crippen LogP contribution in [0.25, 0.3) is 0 Å². The summed E-state index contributed by atoms with van der Waals surface area (Å²) < 4.78 is 0. The maximum absolute atomic E-state index is 11.7. The van der Waals surface area contributed by atoms with Gasteiger partial charge in [0.1, 0.15) is 10.9 Å². The van der Waals surface area contributed by atoms with Gasteiger partial charge in [-0.2, -0.15) is 0 Å². The first-order valence-electron chi connectivity index (χ1n) is 5.19. The molecular formula is C10H14N2O4S. The Morgan fingerprint density at radius 2 is 2.18 bits per heavy atom. The number of amides is 1. The van der Waals surface area contributed by atoms with E-state index in [0.717, 1.165) is 11.3 Å². The number of thiazole rings is 1. The van der Waals surface area contributed by atoms with Crippen molar-refractivity contribution in [3.8, 4) is 0 Å². The fourth-order valence-corrected chi connectivity index (χ4v) is 2.14. The Morgan fingerprint density at radius 1 is 1.53 bits per heavy atom. The van der Waals surface area contributed by atoms with Gasteiger partial charge in [0.2, 0.25) is 0 Å². The number of carbonyl (C=O) groups excluding carboxylic acids is 1. The third-order valence-corrected chi connectivity index (χ3v) is 3.20. The van der Waals surface area contributed by atoms with E-state index in [4.69, 9.17) is 5.11 Å². The van der Waals surface area contributed by atoms with Gasteiger partial charge in [-0.1, -0.05) is 24.7 Å². The second kappa shape index (κ2) is 5.62. The summed E-state index contributed by atoms with van der Waals surface area (Å²) in [5.74, 6) is -1.59. The van der Waals surface area contributed by atoms with Gasteiger partial charge < -0.3 is 15.4 Å². The minimum Gasteiger partial charge on any atom is -0.480 e. The predicted octanol–water partition coefficient (Wildman–Crippen LogP) is 0.728. The molecule has 1 aromatic heterocycles. The van der Waals surface area contributed by atoms with Crippen LogP contribution in [0.2, 0.25) is 0 Å². The van der Waals surface area contributed by atoms with Crippen LogP contribution in [0.3, 0.4) is 0 Å². The van der Waals surface area contributed by atoms with Crippen LogP contribution in [-0.2, 0) is 4.79 Å². The first kappa shape index (κ1) is 13.4. The Bertz CT molecular complexity index is 477. The van der Waals surface area contributed by atoms with E-state index in [9.17, 15) is 14.4 Å². The third kappa shape index (κ3) is 3.42. The van der Waals surface area contributed by atoms with Gasteiger partial charge in [-0.15, -0.1) is 0 Å². The van der Waals surface area contributed by atoms with E-state index in [-0.39, 0.29) is 9.75 Å². The molecule has 6 nitrogen and oxygen atoms in total. The standard InChI is InChI=1S/C10H14N2O4S/c1-3-4-6(9(14)15)12-8(13)7-5(2)11-10(16)17-7/h6H,3-4H2,1-2H3,(H,11,16)(H,12,13)(H,14,15). The zero-order valence-corrected chi connectivity index (χ0v) is 10.4. The molecule has 1 amide bonds. The second-order valence-electron chi connectivity index (χ2n) is 3.62. The summed E-state index contributed by atoms with van der Waals surface area (Å²) in [5, 5.41) is 11.3. The molecule has 7 heteroatoms. The van der Waals surface area contributed by atoms with Crippen molar-refractivity contribution in [3.05, 3.63) is 20.2 Å². The highest BCUT2D eigenvalue weighted by atomic mass is 32.1. The van der Waals surface area contributed by atoms with Crippen molar-refractivity contribution in [2.75, 3.05) is 0 Å². The van der Waals surface area contributed by atoms with E-state index in [0.29, 0.717) is 18.5 Å². The molecular weight excluding hydrogens is 244 g/mol. The molecule has 0 spiro atoms. The third-order valence-electron chi connectivity index (χ3n) is 2.21. The number of nitrogens with one attached hydrogen (secondary N) is 2. The Labute approximate surface area is 102 Å². The molecule has 0 aliphatic heterocycles. The number of carboxylic acids is 1. The number of rotatable bonds is 5. The van der Waals surface area contributed by atoms with E-state index in [2.05, 4.69) is 10.3 Å². The zero-order chi connectivity index (χ0) is 13.0. The largest absolute Gasteiger partial charge is 0.480 e. The minimum absolute atomic E-state index is 0.234. The normalized spacial score (nSPS) is 12.1. The van der Waals surface area contributed by atoms with E-state index < -0.39 is 17.9 Å². The molecule has 0 radical (unpaired) electrons. The highest BCUT2D eigenvalue weighted by Crippen LogP contribution is 2.08. The molecule has 0 aliphatic rings. The summed E-state index contributed by atoms with van der Waals surface area (Å²) >= 11 is 0.778. The number of aliphatic carboxylic acids is 1. The summed E-state index contributed by atoms with van der Waals surface area (Å²) in [6.45, 7) is 3.43. The molecule has 94 valence electrons. The van der Waals surface area contributed by atoms with Crippen LogP contribution >= 0.6 is 11.3 Å². The van der Waals surface area contributed by atoms with Crippen molar-refractivity contribution in [1.29, 1.82) is 0 Å². The van der Waals surface area contributed by atoms with Gasteiger partial charge in [-0.05, 0) is 13.3 Å². The lowest BCUT2D eigenvalue weighted by Gasteiger charge is -2.12. The summed E-state index contributed by atoms with van der Waals surface area (Å²) in [7, 11) is 0. The van der Waals surface area contributed by atoms with E-state index in [1.807, 2.05) is 6.92 Å². The van der Waals surface area contributed by atoms with Crippen molar-refractivity contribution < 1.29 is 14.7 Å². The van der Waals surface area contributed by atoms with Crippen LogP contribution in [0.15, 0.2) is 4.79 Å². The summed E-state index contributed by atoms with van der Waals surface area (Å²) in [6, 6.07) is -0.913. The van der Waals surface area contributed by atoms with Gasteiger partial charge in [-0.25, -0.2) is 4.79 Å². The van der Waals surface area contributed by atoms with Gasteiger partial charge in [-0.3, -0.25) is 9.59 Å². The summed E-state index contributed by atoms with van der Waals surface area (Å²) in [5.41, 5.74) is 0.457. The van der Waals surface area contributed by atoms with Crippen LogP contribution in [0, 0.1) is 6.92 Å². The molecule has 1 atom stereocenters. The lowest BCUT2D eigenvalue weighted by Crippen LogP contribution is -2.40. The number of carboxylic acid groups (broad SMARTS) is 1. The van der Waals surface area contributed by atoms with Gasteiger partial charge in [0.05, 0.1) is 0 Å². The molecule has 3 N–H and O–H groups in total. The van der Waals surface area contributed by atoms with E-state index >= 15 is 0 Å². The first-order valence-corrected chi connectivity index (χ1v) is 6.00. The predicted molar refractivity (Wildman–Crippen MR) is 63.5 cm³/mol. The SMILES string of the molecule is CCCC(NC(=O)c1sc(=O)[nH]c1C)C(=O)O. The zero-order valence-electron chi connectivity index (χ0n) is 9.57. The molecule has 0 saturated carbocycles. The highest BCUT2D eigenvalue weighted by Gasteiger charge is 2.21. The molecule has 17 heavy (non-hydrogen) atoms. The molecule has 0 saturated heterocycles. The van der Waals surface area contributed by atoms with Crippen molar-refractivity contribution in [2.45, 2.75) is 32.7 Å². The van der Waals surface area contributed by atoms with Crippen LogP contribution in [0.5, 0.6) is 0 Å².